The zero-order chi connectivity index (χ0) is 22.1. The Labute approximate surface area is 175 Å². The van der Waals surface area contributed by atoms with Gasteiger partial charge in [0.05, 0.1) is 16.6 Å². The maximum absolute atomic E-state index is 13.3. The summed E-state index contributed by atoms with van der Waals surface area (Å²) in [5.74, 6) is -0.342. The van der Waals surface area contributed by atoms with Crippen LogP contribution in [0.3, 0.4) is 0 Å². The Bertz CT molecular complexity index is 1060. The van der Waals surface area contributed by atoms with Crippen molar-refractivity contribution in [3.05, 3.63) is 34.2 Å². The lowest BCUT2D eigenvalue weighted by Crippen LogP contribution is -2.54. The number of carbonyl (C=O) groups excluding carboxylic acids is 2. The summed E-state index contributed by atoms with van der Waals surface area (Å²) in [4.78, 5) is 38.3. The molecule has 1 aliphatic rings. The van der Waals surface area contributed by atoms with E-state index in [1.165, 1.54) is 6.42 Å². The lowest BCUT2D eigenvalue weighted by Gasteiger charge is -2.28. The third-order valence-electron chi connectivity index (χ3n) is 5.86. The fraction of sp³-hybridized carbons (Fsp3) is 0.545. The van der Waals surface area contributed by atoms with Crippen LogP contribution in [0, 0.1) is 22.7 Å². The molecule has 3 N–H and O–H groups in total. The molecule has 1 heterocycles. The Morgan fingerprint density at radius 1 is 1.27 bits per heavy atom. The minimum absolute atomic E-state index is 0.332. The summed E-state index contributed by atoms with van der Waals surface area (Å²) in [6.45, 7) is 5.82. The average Bonchev–Trinajstić information content (AvgIpc) is 2.97. The highest BCUT2D eigenvalue weighted by molar-refractivity contribution is 5.94. The van der Waals surface area contributed by atoms with Gasteiger partial charge in [-0.2, -0.15) is 5.26 Å². The number of imidazole rings is 1. The van der Waals surface area contributed by atoms with Gasteiger partial charge < -0.3 is 11.1 Å². The van der Waals surface area contributed by atoms with E-state index in [9.17, 15) is 19.6 Å². The first-order valence-corrected chi connectivity index (χ1v) is 10.4. The molecule has 1 aromatic heterocycles. The minimum atomic E-state index is -0.951. The van der Waals surface area contributed by atoms with Crippen LogP contribution in [0.15, 0.2) is 23.0 Å². The van der Waals surface area contributed by atoms with Gasteiger partial charge >= 0.3 is 11.7 Å². The summed E-state index contributed by atoms with van der Waals surface area (Å²) >= 11 is 0. The van der Waals surface area contributed by atoms with Gasteiger partial charge in [-0.3, -0.25) is 9.36 Å². The Morgan fingerprint density at radius 3 is 2.50 bits per heavy atom. The summed E-state index contributed by atoms with van der Waals surface area (Å²) in [7, 11) is 0. The highest BCUT2D eigenvalue weighted by Gasteiger charge is 2.33. The first-order chi connectivity index (χ1) is 14.1. The van der Waals surface area contributed by atoms with Crippen LogP contribution in [0.1, 0.15) is 58.4 Å². The number of nitrogens with one attached hydrogen (secondary N) is 1. The van der Waals surface area contributed by atoms with Crippen molar-refractivity contribution in [3.8, 4) is 6.07 Å². The maximum Gasteiger partial charge on any atom is 0.337 e. The van der Waals surface area contributed by atoms with Crippen molar-refractivity contribution in [2.24, 2.45) is 17.1 Å². The molecule has 0 spiro atoms. The zero-order valence-corrected chi connectivity index (χ0v) is 17.8. The molecule has 3 rings (SSSR count). The standard InChI is InChI=1S/C22H29N5O3/c1-22(2,3)18(19(24)28)25-20(29)27-16-11-7-10-15(12-23)17(16)26(21(27)30)13-14-8-5-4-6-9-14/h7,10-11,14,18H,4-6,8-9,13H2,1-3H3,(H2,24,28)(H,25,29). The number of nitrogens with two attached hydrogens (primary N) is 1. The van der Waals surface area contributed by atoms with Gasteiger partial charge in [-0.25, -0.2) is 14.2 Å². The number of hydrogen-bond donors (Lipinski definition) is 2. The van der Waals surface area contributed by atoms with Crippen LogP contribution in [0.5, 0.6) is 0 Å². The van der Waals surface area contributed by atoms with Crippen LogP contribution in [0.2, 0.25) is 0 Å². The zero-order valence-electron chi connectivity index (χ0n) is 17.8. The van der Waals surface area contributed by atoms with E-state index < -0.39 is 29.1 Å². The van der Waals surface area contributed by atoms with Crippen molar-refractivity contribution in [2.75, 3.05) is 0 Å². The number of hydrogen-bond acceptors (Lipinski definition) is 4. The first-order valence-electron chi connectivity index (χ1n) is 10.4. The number of benzene rings is 1. The molecule has 160 valence electrons. The van der Waals surface area contributed by atoms with Gasteiger partial charge in [0.1, 0.15) is 12.1 Å². The summed E-state index contributed by atoms with van der Waals surface area (Å²) in [5, 5.41) is 12.2. The van der Waals surface area contributed by atoms with Gasteiger partial charge in [-0.15, -0.1) is 0 Å². The minimum Gasteiger partial charge on any atom is -0.368 e. The van der Waals surface area contributed by atoms with E-state index in [-0.39, 0.29) is 0 Å². The molecule has 0 aliphatic heterocycles. The fourth-order valence-corrected chi connectivity index (χ4v) is 4.30. The molecule has 2 amide bonds. The molecule has 1 atom stereocenters. The van der Waals surface area contributed by atoms with Crippen molar-refractivity contribution < 1.29 is 9.59 Å². The van der Waals surface area contributed by atoms with E-state index in [2.05, 4.69) is 11.4 Å². The molecule has 30 heavy (non-hydrogen) atoms. The third-order valence-corrected chi connectivity index (χ3v) is 5.86. The van der Waals surface area contributed by atoms with Gasteiger partial charge in [-0.05, 0) is 36.3 Å². The summed E-state index contributed by atoms with van der Waals surface area (Å²) in [6, 6.07) is 5.39. The quantitative estimate of drug-likeness (QED) is 0.803. The highest BCUT2D eigenvalue weighted by atomic mass is 16.2. The van der Waals surface area contributed by atoms with Crippen LogP contribution in [0.4, 0.5) is 4.79 Å². The van der Waals surface area contributed by atoms with E-state index in [0.717, 1.165) is 30.3 Å². The second-order valence-electron chi connectivity index (χ2n) is 9.17. The third kappa shape index (κ3) is 4.11. The second kappa shape index (κ2) is 8.34. The molecule has 0 bridgehead atoms. The van der Waals surface area contributed by atoms with Crippen molar-refractivity contribution in [1.82, 2.24) is 14.5 Å². The van der Waals surface area contributed by atoms with Crippen molar-refractivity contribution >= 4 is 23.0 Å². The average molecular weight is 412 g/mol. The number of primary amides is 1. The van der Waals surface area contributed by atoms with Crippen LogP contribution in [0.25, 0.3) is 11.0 Å². The van der Waals surface area contributed by atoms with E-state index in [1.807, 2.05) is 0 Å². The van der Waals surface area contributed by atoms with E-state index in [0.29, 0.717) is 29.1 Å². The number of nitriles is 1. The topological polar surface area (TPSA) is 123 Å². The van der Waals surface area contributed by atoms with Crippen LogP contribution < -0.4 is 16.7 Å². The molecular formula is C22H29N5O3. The highest BCUT2D eigenvalue weighted by Crippen LogP contribution is 2.27. The van der Waals surface area contributed by atoms with E-state index in [4.69, 9.17) is 5.73 Å². The van der Waals surface area contributed by atoms with E-state index in [1.54, 1.807) is 43.5 Å². The largest absolute Gasteiger partial charge is 0.368 e. The number of amides is 2. The molecule has 8 heteroatoms. The number of rotatable bonds is 4. The smallest absolute Gasteiger partial charge is 0.337 e. The number of nitrogens with zero attached hydrogens (tertiary/aromatic N) is 3. The fourth-order valence-electron chi connectivity index (χ4n) is 4.30. The van der Waals surface area contributed by atoms with Crippen molar-refractivity contribution in [3.63, 3.8) is 0 Å². The molecule has 1 aliphatic carbocycles. The molecular weight excluding hydrogens is 382 g/mol. The number of fused-ring (bicyclic) bond motifs is 1. The molecule has 1 fully saturated rings. The summed E-state index contributed by atoms with van der Waals surface area (Å²) < 4.78 is 2.56. The molecule has 2 aromatic rings. The summed E-state index contributed by atoms with van der Waals surface area (Å²) in [6.07, 6.45) is 5.48. The molecule has 0 radical (unpaired) electrons. The SMILES string of the molecule is CC(C)(C)C(NC(=O)n1c(=O)n(CC2CCCCC2)c2c(C#N)cccc21)C(N)=O. The second-order valence-corrected chi connectivity index (χ2v) is 9.17. The Hall–Kier alpha value is -3.08. The van der Waals surface area contributed by atoms with Gasteiger partial charge in [-0.1, -0.05) is 46.1 Å². The summed E-state index contributed by atoms with van der Waals surface area (Å²) in [5.41, 5.74) is 5.51. The number of para-hydroxylation sites is 1. The van der Waals surface area contributed by atoms with Crippen LogP contribution >= 0.6 is 0 Å². The normalized spacial score (nSPS) is 16.2. The van der Waals surface area contributed by atoms with Crippen molar-refractivity contribution in [1.29, 1.82) is 5.26 Å². The Morgan fingerprint density at radius 2 is 1.93 bits per heavy atom. The van der Waals surface area contributed by atoms with Crippen LogP contribution in [-0.4, -0.2) is 27.1 Å². The van der Waals surface area contributed by atoms with Gasteiger partial charge in [0.15, 0.2) is 0 Å². The van der Waals surface area contributed by atoms with Crippen LogP contribution in [-0.2, 0) is 11.3 Å². The molecule has 1 aromatic carbocycles. The van der Waals surface area contributed by atoms with Gasteiger partial charge in [0, 0.05) is 6.54 Å². The lowest BCUT2D eigenvalue weighted by atomic mass is 9.86. The molecule has 0 saturated heterocycles. The predicted molar refractivity (Wildman–Crippen MR) is 114 cm³/mol. The Kier molecular flexibility index (Phi) is 6.01. The number of carbonyl (C=O) groups is 2. The number of aromatic nitrogens is 2. The monoisotopic (exact) mass is 411 g/mol. The van der Waals surface area contributed by atoms with Gasteiger partial charge in [0.2, 0.25) is 5.91 Å². The Balaban J connectivity index is 2.10. The molecule has 1 unspecified atom stereocenters. The van der Waals surface area contributed by atoms with E-state index >= 15 is 0 Å². The first kappa shape index (κ1) is 21.6. The predicted octanol–water partition coefficient (Wildman–Crippen LogP) is 2.71. The lowest BCUT2D eigenvalue weighted by molar-refractivity contribution is -0.122. The molecule has 1 saturated carbocycles. The van der Waals surface area contributed by atoms with Gasteiger partial charge in [0.25, 0.3) is 0 Å². The van der Waals surface area contributed by atoms with Crippen molar-refractivity contribution in [2.45, 2.75) is 65.5 Å². The molecule has 8 nitrogen and oxygen atoms in total. The maximum atomic E-state index is 13.3.